The Bertz CT molecular complexity index is 1270. The number of anilines is 1. The summed E-state index contributed by atoms with van der Waals surface area (Å²) in [5.74, 6) is -2.56. The zero-order chi connectivity index (χ0) is 25.3. The van der Waals surface area contributed by atoms with Gasteiger partial charge in [-0.1, -0.05) is 46.9 Å². The van der Waals surface area contributed by atoms with Crippen LogP contribution in [0.25, 0.3) is 0 Å². The Balaban J connectivity index is 1.41. The minimum Gasteiger partial charge on any atom is -0.326 e. The molecule has 3 N–H and O–H groups in total. The minimum absolute atomic E-state index is 0.132. The lowest BCUT2D eigenvalue weighted by Gasteiger charge is -2.11. The summed E-state index contributed by atoms with van der Waals surface area (Å²) >= 11 is 31.1. The van der Waals surface area contributed by atoms with Crippen LogP contribution in [-0.2, 0) is 11.3 Å². The van der Waals surface area contributed by atoms with Gasteiger partial charge in [0, 0.05) is 28.2 Å². The Morgan fingerprint density at radius 3 is 2.23 bits per heavy atom. The smallest absolute Gasteiger partial charge is 0.266 e. The van der Waals surface area contributed by atoms with Gasteiger partial charge >= 0.3 is 0 Å². The summed E-state index contributed by atoms with van der Waals surface area (Å²) in [6, 6.07) is 15.2. The Labute approximate surface area is 225 Å². The quantitative estimate of drug-likeness (QED) is 0.216. The van der Waals surface area contributed by atoms with Crippen LogP contribution in [-0.4, -0.2) is 16.1 Å². The van der Waals surface area contributed by atoms with Crippen LogP contribution in [0.5, 0.6) is 0 Å². The molecule has 0 radical (unpaired) electrons. The van der Waals surface area contributed by atoms with Gasteiger partial charge in [-0.2, -0.15) is 0 Å². The van der Waals surface area contributed by atoms with Crippen molar-refractivity contribution in [3.63, 3.8) is 0 Å². The average Bonchev–Trinajstić information content (AvgIpc) is 3.37. The largest absolute Gasteiger partial charge is 0.326 e. The fraction of sp³-hybridized carbons (Fsp3) is 0.167. The van der Waals surface area contributed by atoms with Crippen LogP contribution in [0.2, 0.25) is 15.1 Å². The number of nitrogens with one attached hydrogen (secondary N) is 3. The van der Waals surface area contributed by atoms with Crippen LogP contribution in [0.1, 0.15) is 27.4 Å². The summed E-state index contributed by atoms with van der Waals surface area (Å²) in [5, 5.41) is 3.73. The summed E-state index contributed by atoms with van der Waals surface area (Å²) in [6.45, 7) is 0.268. The monoisotopic (exact) mass is 573 g/mol. The summed E-state index contributed by atoms with van der Waals surface area (Å²) < 4.78 is 11.7. The second kappa shape index (κ2) is 10.5. The van der Waals surface area contributed by atoms with Crippen LogP contribution in [0.4, 0.5) is 10.1 Å². The van der Waals surface area contributed by atoms with E-state index in [2.05, 4.69) is 16.2 Å². The van der Waals surface area contributed by atoms with Gasteiger partial charge in [0.05, 0.1) is 16.5 Å². The molecule has 3 aromatic rings. The SMILES string of the molecule is O=C(NNCc1ccc(F)cc1)c1cc(NC(=O)C2C(c3cc(Cl)cc(Cl)c3)C2(Cl)Cl)ccc1Cl. The van der Waals surface area contributed by atoms with E-state index in [9.17, 15) is 14.0 Å². The zero-order valence-corrected chi connectivity index (χ0v) is 21.5. The first-order chi connectivity index (χ1) is 16.6. The van der Waals surface area contributed by atoms with Gasteiger partial charge in [0.15, 0.2) is 0 Å². The third-order valence-corrected chi connectivity index (χ3v) is 7.17. The second-order valence-electron chi connectivity index (χ2n) is 7.95. The second-order valence-corrected chi connectivity index (χ2v) is 10.7. The number of carbonyl (C=O) groups excluding carboxylic acids is 2. The third kappa shape index (κ3) is 6.02. The Morgan fingerprint density at radius 1 is 0.914 bits per heavy atom. The molecule has 5 nitrogen and oxygen atoms in total. The van der Waals surface area contributed by atoms with Crippen molar-refractivity contribution in [3.05, 3.63) is 98.2 Å². The number of amides is 2. The van der Waals surface area contributed by atoms with Crippen molar-refractivity contribution in [2.45, 2.75) is 16.8 Å². The Kier molecular flexibility index (Phi) is 7.81. The van der Waals surface area contributed by atoms with Crippen LogP contribution in [0, 0.1) is 11.7 Å². The van der Waals surface area contributed by atoms with Gasteiger partial charge in [-0.3, -0.25) is 15.0 Å². The van der Waals surface area contributed by atoms with E-state index in [1.807, 2.05) is 0 Å². The van der Waals surface area contributed by atoms with E-state index in [0.717, 1.165) is 5.56 Å². The van der Waals surface area contributed by atoms with Gasteiger partial charge in [-0.25, -0.2) is 9.82 Å². The van der Waals surface area contributed by atoms with Crippen LogP contribution in [0.3, 0.4) is 0 Å². The van der Waals surface area contributed by atoms with E-state index in [0.29, 0.717) is 21.3 Å². The van der Waals surface area contributed by atoms with E-state index in [-0.39, 0.29) is 22.9 Å². The first-order valence-electron chi connectivity index (χ1n) is 10.3. The van der Waals surface area contributed by atoms with Crippen molar-refractivity contribution in [1.29, 1.82) is 0 Å². The van der Waals surface area contributed by atoms with Crippen molar-refractivity contribution in [2.24, 2.45) is 5.92 Å². The van der Waals surface area contributed by atoms with E-state index >= 15 is 0 Å². The highest BCUT2D eigenvalue weighted by Crippen LogP contribution is 2.65. The molecule has 0 bridgehead atoms. The van der Waals surface area contributed by atoms with E-state index < -0.39 is 28.0 Å². The number of hydrogen-bond acceptors (Lipinski definition) is 3. The minimum atomic E-state index is -1.34. The summed E-state index contributed by atoms with van der Waals surface area (Å²) in [6.07, 6.45) is 0. The molecule has 1 aliphatic rings. The number of hydrogen-bond donors (Lipinski definition) is 3. The molecular formula is C24H17Cl5FN3O2. The summed E-state index contributed by atoms with van der Waals surface area (Å²) in [5.41, 5.74) is 7.16. The van der Waals surface area contributed by atoms with Gasteiger partial charge in [0.1, 0.15) is 10.2 Å². The number of alkyl halides is 2. The summed E-state index contributed by atoms with van der Waals surface area (Å²) in [4.78, 5) is 25.5. The fourth-order valence-electron chi connectivity index (χ4n) is 3.72. The lowest BCUT2D eigenvalue weighted by molar-refractivity contribution is -0.117. The molecule has 2 atom stereocenters. The number of carbonyl (C=O) groups is 2. The number of hydrazine groups is 1. The molecule has 1 saturated carbocycles. The molecule has 0 heterocycles. The molecule has 0 aromatic heterocycles. The normalized spacial score (nSPS) is 18.1. The molecule has 0 saturated heterocycles. The van der Waals surface area contributed by atoms with E-state index in [4.69, 9.17) is 58.0 Å². The Morgan fingerprint density at radius 2 is 1.57 bits per heavy atom. The predicted octanol–water partition coefficient (Wildman–Crippen LogP) is 6.75. The van der Waals surface area contributed by atoms with Gasteiger partial charge < -0.3 is 5.32 Å². The molecule has 2 amide bonds. The van der Waals surface area contributed by atoms with Gasteiger partial charge in [-0.15, -0.1) is 23.2 Å². The maximum atomic E-state index is 13.0. The van der Waals surface area contributed by atoms with Crippen molar-refractivity contribution < 1.29 is 14.0 Å². The standard InChI is InChI=1S/C24H17Cl5FN3O2/c25-14-7-13(8-15(26)9-14)20-21(24(20,28)29)23(35)32-17-5-6-19(27)18(10-17)22(34)33-31-11-12-1-3-16(30)4-2-12/h1-10,20-21,31H,11H2,(H,32,35)(H,33,34). The average molecular weight is 576 g/mol. The van der Waals surface area contributed by atoms with Crippen LogP contribution < -0.4 is 16.2 Å². The third-order valence-electron chi connectivity index (χ3n) is 5.47. The first kappa shape index (κ1) is 26.0. The van der Waals surface area contributed by atoms with Gasteiger partial charge in [0.2, 0.25) is 5.91 Å². The van der Waals surface area contributed by atoms with Crippen molar-refractivity contribution >= 4 is 75.5 Å². The van der Waals surface area contributed by atoms with Crippen molar-refractivity contribution in [2.75, 3.05) is 5.32 Å². The first-order valence-corrected chi connectivity index (χ1v) is 12.2. The van der Waals surface area contributed by atoms with E-state index in [1.54, 1.807) is 36.4 Å². The maximum Gasteiger partial charge on any atom is 0.266 e. The molecule has 0 aliphatic heterocycles. The zero-order valence-electron chi connectivity index (χ0n) is 17.7. The molecular weight excluding hydrogens is 559 g/mol. The molecule has 3 aromatic carbocycles. The molecule has 1 aliphatic carbocycles. The number of rotatable bonds is 7. The lowest BCUT2D eigenvalue weighted by atomic mass is 10.1. The number of benzene rings is 3. The van der Waals surface area contributed by atoms with Crippen LogP contribution >= 0.6 is 58.0 Å². The van der Waals surface area contributed by atoms with Gasteiger partial charge in [0.25, 0.3) is 5.91 Å². The highest BCUT2D eigenvalue weighted by molar-refractivity contribution is 6.53. The molecule has 11 heteroatoms. The van der Waals surface area contributed by atoms with Crippen LogP contribution in [0.15, 0.2) is 60.7 Å². The molecule has 1 fully saturated rings. The molecule has 35 heavy (non-hydrogen) atoms. The molecule has 0 spiro atoms. The Hall–Kier alpha value is -2.06. The predicted molar refractivity (Wildman–Crippen MR) is 138 cm³/mol. The van der Waals surface area contributed by atoms with Crippen molar-refractivity contribution in [1.82, 2.24) is 10.9 Å². The lowest BCUT2D eigenvalue weighted by Crippen LogP contribution is -2.37. The summed E-state index contributed by atoms with van der Waals surface area (Å²) in [7, 11) is 0. The van der Waals surface area contributed by atoms with E-state index in [1.165, 1.54) is 24.3 Å². The van der Waals surface area contributed by atoms with Gasteiger partial charge in [-0.05, 0) is 59.7 Å². The van der Waals surface area contributed by atoms with Crippen molar-refractivity contribution in [3.8, 4) is 0 Å². The maximum absolute atomic E-state index is 13.0. The molecule has 2 unspecified atom stereocenters. The highest BCUT2D eigenvalue weighted by atomic mass is 35.5. The topological polar surface area (TPSA) is 70.2 Å². The number of halogens is 6. The molecule has 182 valence electrons. The molecule has 4 rings (SSSR count). The fourth-order valence-corrected chi connectivity index (χ4v) is 5.29. The highest BCUT2D eigenvalue weighted by Gasteiger charge is 2.67.